The Morgan fingerprint density at radius 3 is 2.88 bits per heavy atom. The molecule has 2 aromatic rings. The molecule has 3 nitrogen and oxygen atoms in total. The lowest BCUT2D eigenvalue weighted by molar-refractivity contribution is 0.682. The monoisotopic (exact) mass is 229 g/mol. The Labute approximate surface area is 102 Å². The zero-order chi connectivity index (χ0) is 12.3. The highest BCUT2D eigenvalue weighted by Gasteiger charge is 2.02. The van der Waals surface area contributed by atoms with Gasteiger partial charge in [0.05, 0.1) is 12.7 Å². The third-order valence-electron chi connectivity index (χ3n) is 2.90. The molecule has 0 saturated heterocycles. The normalized spacial score (nSPS) is 10.8. The zero-order valence-corrected chi connectivity index (χ0v) is 10.7. The molecule has 0 aliphatic heterocycles. The predicted molar refractivity (Wildman–Crippen MR) is 70.0 cm³/mol. The van der Waals surface area contributed by atoms with Gasteiger partial charge in [0.1, 0.15) is 0 Å². The van der Waals surface area contributed by atoms with E-state index < -0.39 is 0 Å². The van der Waals surface area contributed by atoms with Crippen molar-refractivity contribution in [2.45, 2.75) is 26.9 Å². The average molecular weight is 229 g/mol. The second-order valence-corrected chi connectivity index (χ2v) is 4.51. The molecule has 17 heavy (non-hydrogen) atoms. The molecule has 1 heterocycles. The van der Waals surface area contributed by atoms with Gasteiger partial charge in [-0.3, -0.25) is 4.68 Å². The molecule has 0 atom stereocenters. The number of benzene rings is 1. The topological polar surface area (TPSA) is 29.9 Å². The molecule has 0 fully saturated rings. The minimum absolute atomic E-state index is 0.844. The van der Waals surface area contributed by atoms with E-state index in [2.05, 4.69) is 48.7 Å². The van der Waals surface area contributed by atoms with Gasteiger partial charge in [-0.25, -0.2) is 0 Å². The van der Waals surface area contributed by atoms with Crippen LogP contribution in [0.5, 0.6) is 0 Å². The Hall–Kier alpha value is -1.61. The molecule has 0 aliphatic rings. The second kappa shape index (κ2) is 5.15. The highest BCUT2D eigenvalue weighted by molar-refractivity contribution is 5.30. The van der Waals surface area contributed by atoms with Crippen molar-refractivity contribution < 1.29 is 0 Å². The van der Waals surface area contributed by atoms with Crippen molar-refractivity contribution in [3.05, 3.63) is 52.8 Å². The zero-order valence-electron chi connectivity index (χ0n) is 10.7. The lowest BCUT2D eigenvalue weighted by Gasteiger charge is -2.07. The summed E-state index contributed by atoms with van der Waals surface area (Å²) in [5.74, 6) is 0. The van der Waals surface area contributed by atoms with Crippen molar-refractivity contribution in [2.24, 2.45) is 0 Å². The SMILES string of the molecule is CNCc1cnn(Cc2cc(C)ccc2C)c1. The van der Waals surface area contributed by atoms with Crippen molar-refractivity contribution in [2.75, 3.05) is 7.05 Å². The second-order valence-electron chi connectivity index (χ2n) is 4.51. The molecule has 0 radical (unpaired) electrons. The largest absolute Gasteiger partial charge is 0.316 e. The molecule has 0 amide bonds. The lowest BCUT2D eigenvalue weighted by atomic mass is 10.1. The number of hydrogen-bond acceptors (Lipinski definition) is 2. The Bertz CT molecular complexity index is 500. The molecule has 0 aliphatic carbocycles. The van der Waals surface area contributed by atoms with Gasteiger partial charge >= 0.3 is 0 Å². The molecule has 1 aromatic heterocycles. The molecule has 0 saturated carbocycles. The van der Waals surface area contributed by atoms with E-state index in [1.807, 2.05) is 17.9 Å². The summed E-state index contributed by atoms with van der Waals surface area (Å²) in [4.78, 5) is 0. The number of nitrogens with zero attached hydrogens (tertiary/aromatic N) is 2. The highest BCUT2D eigenvalue weighted by atomic mass is 15.3. The summed E-state index contributed by atoms with van der Waals surface area (Å²) in [6.45, 7) is 5.98. The molecule has 1 aromatic carbocycles. The molecule has 3 heteroatoms. The van der Waals surface area contributed by atoms with Crippen LogP contribution in [0, 0.1) is 13.8 Å². The standard InChI is InChI=1S/C14H19N3/c1-11-4-5-12(2)14(6-11)10-17-9-13(7-15-3)8-16-17/h4-6,8-9,15H,7,10H2,1-3H3. The van der Waals surface area contributed by atoms with E-state index in [0.717, 1.165) is 13.1 Å². The fraction of sp³-hybridized carbons (Fsp3) is 0.357. The Kier molecular flexibility index (Phi) is 3.59. The van der Waals surface area contributed by atoms with E-state index in [0.29, 0.717) is 0 Å². The number of nitrogens with one attached hydrogen (secondary N) is 1. The number of rotatable bonds is 4. The molecule has 2 rings (SSSR count). The van der Waals surface area contributed by atoms with Crippen molar-refractivity contribution >= 4 is 0 Å². The molecule has 90 valence electrons. The number of aryl methyl sites for hydroxylation is 2. The average Bonchev–Trinajstić information content (AvgIpc) is 2.72. The molecule has 0 bridgehead atoms. The van der Waals surface area contributed by atoms with Crippen LogP contribution in [0.2, 0.25) is 0 Å². The van der Waals surface area contributed by atoms with Crippen LogP contribution in [0.3, 0.4) is 0 Å². The van der Waals surface area contributed by atoms with Crippen LogP contribution in [0.1, 0.15) is 22.3 Å². The van der Waals surface area contributed by atoms with E-state index in [4.69, 9.17) is 0 Å². The smallest absolute Gasteiger partial charge is 0.0662 e. The van der Waals surface area contributed by atoms with E-state index in [1.165, 1.54) is 22.3 Å². The van der Waals surface area contributed by atoms with Gasteiger partial charge in [0, 0.05) is 18.3 Å². The van der Waals surface area contributed by atoms with E-state index in [1.54, 1.807) is 0 Å². The Balaban J connectivity index is 2.16. The first-order valence-corrected chi connectivity index (χ1v) is 5.91. The van der Waals surface area contributed by atoms with Crippen molar-refractivity contribution in [1.29, 1.82) is 0 Å². The predicted octanol–water partition coefficient (Wildman–Crippen LogP) is 2.27. The Morgan fingerprint density at radius 2 is 2.12 bits per heavy atom. The molecule has 0 spiro atoms. The first kappa shape index (κ1) is 11.9. The van der Waals surface area contributed by atoms with Gasteiger partial charge in [-0.2, -0.15) is 5.10 Å². The maximum Gasteiger partial charge on any atom is 0.0662 e. The van der Waals surface area contributed by atoms with Gasteiger partial charge in [0.25, 0.3) is 0 Å². The van der Waals surface area contributed by atoms with Gasteiger partial charge in [0.2, 0.25) is 0 Å². The van der Waals surface area contributed by atoms with E-state index >= 15 is 0 Å². The number of aromatic nitrogens is 2. The fourth-order valence-electron chi connectivity index (χ4n) is 1.93. The maximum absolute atomic E-state index is 4.38. The summed E-state index contributed by atoms with van der Waals surface area (Å²) in [7, 11) is 1.95. The van der Waals surface area contributed by atoms with Crippen LogP contribution in [0.25, 0.3) is 0 Å². The third kappa shape index (κ3) is 2.94. The van der Waals surface area contributed by atoms with Crippen molar-refractivity contribution in [3.8, 4) is 0 Å². The summed E-state index contributed by atoms with van der Waals surface area (Å²) >= 11 is 0. The molecular formula is C14H19N3. The van der Waals surface area contributed by atoms with Gasteiger partial charge < -0.3 is 5.32 Å². The van der Waals surface area contributed by atoms with Gasteiger partial charge in [0.15, 0.2) is 0 Å². The van der Waals surface area contributed by atoms with Crippen LogP contribution in [-0.2, 0) is 13.1 Å². The van der Waals surface area contributed by atoms with Gasteiger partial charge in [-0.05, 0) is 32.0 Å². The van der Waals surface area contributed by atoms with Gasteiger partial charge in [-0.1, -0.05) is 23.8 Å². The van der Waals surface area contributed by atoms with Crippen LogP contribution >= 0.6 is 0 Å². The summed E-state index contributed by atoms with van der Waals surface area (Å²) < 4.78 is 1.99. The molecular weight excluding hydrogens is 210 g/mol. The summed E-state index contributed by atoms with van der Waals surface area (Å²) in [6.07, 6.45) is 4.01. The maximum atomic E-state index is 4.38. The minimum Gasteiger partial charge on any atom is -0.316 e. The van der Waals surface area contributed by atoms with E-state index in [9.17, 15) is 0 Å². The summed E-state index contributed by atoms with van der Waals surface area (Å²) in [5.41, 5.74) is 5.18. The molecule has 1 N–H and O–H groups in total. The third-order valence-corrected chi connectivity index (χ3v) is 2.90. The van der Waals surface area contributed by atoms with Crippen LogP contribution in [-0.4, -0.2) is 16.8 Å². The highest BCUT2D eigenvalue weighted by Crippen LogP contribution is 2.12. The van der Waals surface area contributed by atoms with E-state index in [-0.39, 0.29) is 0 Å². The van der Waals surface area contributed by atoms with Crippen LogP contribution in [0.4, 0.5) is 0 Å². The lowest BCUT2D eigenvalue weighted by Crippen LogP contribution is -2.04. The van der Waals surface area contributed by atoms with Gasteiger partial charge in [-0.15, -0.1) is 0 Å². The first-order chi connectivity index (χ1) is 8.19. The summed E-state index contributed by atoms with van der Waals surface area (Å²) in [6, 6.07) is 6.55. The molecule has 0 unspecified atom stereocenters. The Morgan fingerprint density at radius 1 is 1.29 bits per heavy atom. The summed E-state index contributed by atoms with van der Waals surface area (Å²) in [5, 5.41) is 7.51. The minimum atomic E-state index is 0.844. The van der Waals surface area contributed by atoms with Crippen molar-refractivity contribution in [3.63, 3.8) is 0 Å². The fourth-order valence-corrected chi connectivity index (χ4v) is 1.93. The quantitative estimate of drug-likeness (QED) is 0.871. The van der Waals surface area contributed by atoms with Crippen molar-refractivity contribution in [1.82, 2.24) is 15.1 Å². The number of hydrogen-bond donors (Lipinski definition) is 1. The van der Waals surface area contributed by atoms with Crippen LogP contribution in [0.15, 0.2) is 30.6 Å². The van der Waals surface area contributed by atoms with Crippen LogP contribution < -0.4 is 5.32 Å². The first-order valence-electron chi connectivity index (χ1n) is 5.91.